The Labute approximate surface area is 98.8 Å². The van der Waals surface area contributed by atoms with Gasteiger partial charge in [-0.05, 0) is 6.07 Å². The number of hydrogen-bond donors (Lipinski definition) is 1. The summed E-state index contributed by atoms with van der Waals surface area (Å²) >= 11 is 11.9. The van der Waals surface area contributed by atoms with Crippen LogP contribution in [-0.2, 0) is 0 Å². The van der Waals surface area contributed by atoms with Gasteiger partial charge in [0, 0.05) is 19.2 Å². The van der Waals surface area contributed by atoms with Crippen molar-refractivity contribution in [1.29, 1.82) is 0 Å². The predicted octanol–water partition coefficient (Wildman–Crippen LogP) is 2.40. The van der Waals surface area contributed by atoms with Crippen molar-refractivity contribution in [2.24, 2.45) is 0 Å². The van der Waals surface area contributed by atoms with E-state index in [9.17, 15) is 5.21 Å². The second kappa shape index (κ2) is 4.28. The minimum Gasteiger partial charge on any atom is -0.627 e. The molecule has 0 unspecified atom stereocenters. The third-order valence-corrected chi connectivity index (χ3v) is 3.48. The van der Waals surface area contributed by atoms with Crippen LogP contribution in [0.5, 0.6) is 0 Å². The van der Waals surface area contributed by atoms with Gasteiger partial charge in [-0.25, -0.2) is 0 Å². The van der Waals surface area contributed by atoms with Crippen LogP contribution in [0.2, 0.25) is 10.0 Å². The minimum absolute atomic E-state index is 0.383. The molecule has 0 bridgehead atoms. The Morgan fingerprint density at radius 2 is 1.87 bits per heavy atom. The monoisotopic (exact) mass is 246 g/mol. The van der Waals surface area contributed by atoms with Crippen molar-refractivity contribution in [2.75, 3.05) is 26.2 Å². The van der Waals surface area contributed by atoms with Crippen LogP contribution in [-0.4, -0.2) is 26.2 Å². The maximum absolute atomic E-state index is 12.5. The van der Waals surface area contributed by atoms with E-state index in [0.717, 1.165) is 0 Å². The molecule has 1 heterocycles. The summed E-state index contributed by atoms with van der Waals surface area (Å²) < 4.78 is -0.383. The number of quaternary nitrogens is 1. The Morgan fingerprint density at radius 1 is 1.20 bits per heavy atom. The zero-order chi connectivity index (χ0) is 10.9. The molecule has 1 N–H and O–H groups in total. The highest BCUT2D eigenvalue weighted by atomic mass is 35.5. The van der Waals surface area contributed by atoms with Gasteiger partial charge in [-0.3, -0.25) is 0 Å². The van der Waals surface area contributed by atoms with Crippen molar-refractivity contribution in [1.82, 2.24) is 9.96 Å². The van der Waals surface area contributed by atoms with Gasteiger partial charge < -0.3 is 15.2 Å². The molecule has 15 heavy (non-hydrogen) atoms. The highest BCUT2D eigenvalue weighted by molar-refractivity contribution is 6.43. The van der Waals surface area contributed by atoms with Crippen LogP contribution >= 0.6 is 23.2 Å². The number of rotatable bonds is 1. The first-order valence-corrected chi connectivity index (χ1v) is 5.62. The van der Waals surface area contributed by atoms with Gasteiger partial charge in [-0.2, -0.15) is 0 Å². The molecule has 0 radical (unpaired) electrons. The maximum atomic E-state index is 12.5. The fraction of sp³-hybridized carbons (Fsp3) is 0.400. The Hall–Kier alpha value is -0.320. The standard InChI is InChI=1S/C10H12Cl2N2O/c11-8-2-1-3-9(10(8)12)14(15)6-4-13-5-7-14/h1-3,13H,4-7H2. The summed E-state index contributed by atoms with van der Waals surface area (Å²) in [6.07, 6.45) is 0. The highest BCUT2D eigenvalue weighted by Crippen LogP contribution is 2.36. The van der Waals surface area contributed by atoms with E-state index < -0.39 is 0 Å². The summed E-state index contributed by atoms with van der Waals surface area (Å²) in [6.45, 7) is 2.43. The van der Waals surface area contributed by atoms with E-state index >= 15 is 0 Å². The molecule has 1 saturated heterocycles. The number of halogens is 2. The molecule has 0 atom stereocenters. The number of nitrogens with zero attached hydrogens (tertiary/aromatic N) is 1. The lowest BCUT2D eigenvalue weighted by Gasteiger charge is -2.45. The Kier molecular flexibility index (Phi) is 3.19. The van der Waals surface area contributed by atoms with Crippen molar-refractivity contribution >= 4 is 28.9 Å². The van der Waals surface area contributed by atoms with Crippen LogP contribution < -0.4 is 9.96 Å². The molecular formula is C10H12Cl2N2O. The lowest BCUT2D eigenvalue weighted by molar-refractivity contribution is 0.321. The smallest absolute Gasteiger partial charge is 0.153 e. The Morgan fingerprint density at radius 3 is 2.53 bits per heavy atom. The summed E-state index contributed by atoms with van der Waals surface area (Å²) in [5.41, 5.74) is 0.575. The average molecular weight is 247 g/mol. The molecule has 1 aliphatic rings. The third-order valence-electron chi connectivity index (χ3n) is 2.67. The van der Waals surface area contributed by atoms with E-state index in [1.54, 1.807) is 18.2 Å². The van der Waals surface area contributed by atoms with E-state index in [1.807, 2.05) is 0 Å². The van der Waals surface area contributed by atoms with Crippen LogP contribution in [0.15, 0.2) is 18.2 Å². The molecule has 1 aromatic rings. The summed E-state index contributed by atoms with van der Waals surface area (Å²) in [4.78, 5) is 0. The van der Waals surface area contributed by atoms with Gasteiger partial charge in [0.15, 0.2) is 5.69 Å². The summed E-state index contributed by atoms with van der Waals surface area (Å²) in [5.74, 6) is 0. The van der Waals surface area contributed by atoms with Crippen LogP contribution in [0.25, 0.3) is 0 Å². The van der Waals surface area contributed by atoms with Crippen LogP contribution in [0, 0.1) is 5.21 Å². The first-order chi connectivity index (χ1) is 7.13. The molecule has 0 aromatic heterocycles. The van der Waals surface area contributed by atoms with Gasteiger partial charge in [0.2, 0.25) is 0 Å². The molecule has 3 nitrogen and oxygen atoms in total. The first-order valence-electron chi connectivity index (χ1n) is 4.87. The van der Waals surface area contributed by atoms with E-state index in [0.29, 0.717) is 41.9 Å². The molecule has 0 aliphatic carbocycles. The summed E-state index contributed by atoms with van der Waals surface area (Å²) in [5, 5.41) is 16.4. The molecule has 5 heteroatoms. The van der Waals surface area contributed by atoms with E-state index in [1.165, 1.54) is 0 Å². The number of hydroxylamine groups is 2. The second-order valence-corrected chi connectivity index (χ2v) is 4.44. The van der Waals surface area contributed by atoms with Gasteiger partial charge in [0.05, 0.1) is 18.1 Å². The number of piperazine rings is 1. The van der Waals surface area contributed by atoms with E-state index in [4.69, 9.17) is 23.2 Å². The van der Waals surface area contributed by atoms with Crippen molar-refractivity contribution < 1.29 is 0 Å². The maximum Gasteiger partial charge on any atom is 0.153 e. The normalized spacial score (nSPS) is 20.2. The lowest BCUT2D eigenvalue weighted by atomic mass is 10.2. The first kappa shape index (κ1) is 11.2. The van der Waals surface area contributed by atoms with Gasteiger partial charge in [-0.1, -0.05) is 29.3 Å². The topological polar surface area (TPSA) is 35.1 Å². The van der Waals surface area contributed by atoms with Crippen molar-refractivity contribution in [3.8, 4) is 0 Å². The van der Waals surface area contributed by atoms with E-state index in [2.05, 4.69) is 5.32 Å². The fourth-order valence-corrected chi connectivity index (χ4v) is 2.25. The molecule has 0 amide bonds. The van der Waals surface area contributed by atoms with Crippen molar-refractivity contribution in [2.45, 2.75) is 0 Å². The quantitative estimate of drug-likeness (QED) is 0.610. The average Bonchev–Trinajstić information content (AvgIpc) is 2.23. The van der Waals surface area contributed by atoms with Crippen molar-refractivity contribution in [3.05, 3.63) is 33.5 Å². The second-order valence-electron chi connectivity index (χ2n) is 3.66. The molecular weight excluding hydrogens is 235 g/mol. The van der Waals surface area contributed by atoms with E-state index in [-0.39, 0.29) is 4.65 Å². The molecule has 1 fully saturated rings. The van der Waals surface area contributed by atoms with Gasteiger partial charge in [0.25, 0.3) is 0 Å². The summed E-state index contributed by atoms with van der Waals surface area (Å²) in [7, 11) is 0. The molecule has 82 valence electrons. The number of nitrogens with one attached hydrogen (secondary N) is 1. The Bertz CT molecular complexity index is 364. The zero-order valence-corrected chi connectivity index (χ0v) is 9.68. The zero-order valence-electron chi connectivity index (χ0n) is 8.17. The highest BCUT2D eigenvalue weighted by Gasteiger charge is 2.26. The number of hydrogen-bond acceptors (Lipinski definition) is 2. The molecule has 0 saturated carbocycles. The summed E-state index contributed by atoms with van der Waals surface area (Å²) in [6, 6.07) is 5.22. The molecule has 1 aromatic carbocycles. The fourth-order valence-electron chi connectivity index (χ4n) is 1.80. The number of benzene rings is 1. The van der Waals surface area contributed by atoms with Crippen LogP contribution in [0.4, 0.5) is 5.69 Å². The lowest BCUT2D eigenvalue weighted by Crippen LogP contribution is -2.55. The molecule has 1 aliphatic heterocycles. The predicted molar refractivity (Wildman–Crippen MR) is 64.2 cm³/mol. The Balaban J connectivity index is 2.39. The van der Waals surface area contributed by atoms with Crippen molar-refractivity contribution in [3.63, 3.8) is 0 Å². The van der Waals surface area contributed by atoms with Crippen LogP contribution in [0.3, 0.4) is 0 Å². The van der Waals surface area contributed by atoms with Crippen LogP contribution in [0.1, 0.15) is 0 Å². The molecule has 0 spiro atoms. The third kappa shape index (κ3) is 2.12. The largest absolute Gasteiger partial charge is 0.627 e. The van der Waals surface area contributed by atoms with Gasteiger partial charge in [0.1, 0.15) is 5.02 Å². The van der Waals surface area contributed by atoms with Gasteiger partial charge >= 0.3 is 0 Å². The van der Waals surface area contributed by atoms with Gasteiger partial charge in [-0.15, -0.1) is 0 Å². The SMILES string of the molecule is [O-][N+]1(c2cccc(Cl)c2Cl)CCNCC1. The molecule has 2 rings (SSSR count). The minimum atomic E-state index is -0.383.